The predicted molar refractivity (Wildman–Crippen MR) is 77.2 cm³/mol. The molecule has 1 spiro atoms. The van der Waals surface area contributed by atoms with E-state index in [1.54, 1.807) is 18.3 Å². The van der Waals surface area contributed by atoms with Crippen molar-refractivity contribution in [3.63, 3.8) is 0 Å². The van der Waals surface area contributed by atoms with E-state index < -0.39 is 0 Å². The van der Waals surface area contributed by atoms with Crippen molar-refractivity contribution in [2.24, 2.45) is 0 Å². The highest BCUT2D eigenvalue weighted by Gasteiger charge is 2.47. The number of hydrogen-bond donors (Lipinski definition) is 1. The summed E-state index contributed by atoms with van der Waals surface area (Å²) in [6.45, 7) is 1.82. The lowest BCUT2D eigenvalue weighted by atomic mass is 10.1. The zero-order chi connectivity index (χ0) is 14.1. The molecule has 21 heavy (non-hydrogen) atoms. The molecule has 0 radical (unpaired) electrons. The van der Waals surface area contributed by atoms with Gasteiger partial charge in [0.05, 0.1) is 11.7 Å². The predicted octanol–water partition coefficient (Wildman–Crippen LogP) is 2.46. The van der Waals surface area contributed by atoms with Gasteiger partial charge in [0.2, 0.25) is 5.88 Å². The van der Waals surface area contributed by atoms with Crippen molar-refractivity contribution in [3.05, 3.63) is 48.2 Å². The number of aromatic nitrogens is 2. The quantitative estimate of drug-likeness (QED) is 0.937. The van der Waals surface area contributed by atoms with Crippen LogP contribution in [0, 0.1) is 0 Å². The normalized spacial score (nSPS) is 23.0. The summed E-state index contributed by atoms with van der Waals surface area (Å²) in [6, 6.07) is 11.6. The van der Waals surface area contributed by atoms with Gasteiger partial charge in [0.25, 0.3) is 0 Å². The number of rotatable bonds is 3. The van der Waals surface area contributed by atoms with Gasteiger partial charge in [0.15, 0.2) is 0 Å². The van der Waals surface area contributed by atoms with Gasteiger partial charge >= 0.3 is 0 Å². The Morgan fingerprint density at radius 3 is 3.00 bits per heavy atom. The Kier molecular flexibility index (Phi) is 3.09. The minimum absolute atomic E-state index is 0.0880. The Morgan fingerprint density at radius 1 is 1.24 bits per heavy atom. The summed E-state index contributed by atoms with van der Waals surface area (Å²) in [4.78, 5) is 0. The third-order valence-electron chi connectivity index (χ3n) is 3.98. The van der Waals surface area contributed by atoms with Gasteiger partial charge in [-0.3, -0.25) is 0 Å². The van der Waals surface area contributed by atoms with Gasteiger partial charge in [-0.1, -0.05) is 12.1 Å². The lowest BCUT2D eigenvalue weighted by Gasteiger charge is -2.31. The second kappa shape index (κ2) is 5.09. The molecule has 4 rings (SSSR count). The molecule has 1 atom stereocenters. The van der Waals surface area contributed by atoms with Gasteiger partial charge in [-0.05, 0) is 36.6 Å². The van der Waals surface area contributed by atoms with E-state index in [2.05, 4.69) is 21.6 Å². The van der Waals surface area contributed by atoms with Crippen LogP contribution in [0.3, 0.4) is 0 Å². The first-order valence-corrected chi connectivity index (χ1v) is 7.27. The topological polar surface area (TPSA) is 56.3 Å². The van der Waals surface area contributed by atoms with Gasteiger partial charge in [-0.15, -0.1) is 5.10 Å². The van der Waals surface area contributed by atoms with Crippen molar-refractivity contribution >= 4 is 0 Å². The third-order valence-corrected chi connectivity index (χ3v) is 3.98. The summed E-state index contributed by atoms with van der Waals surface area (Å²) < 4.78 is 12.0. The maximum Gasteiger partial charge on any atom is 0.238 e. The molecule has 2 heterocycles. The molecule has 2 aliphatic rings. The maximum atomic E-state index is 6.23. The molecule has 1 N–H and O–H groups in total. The molecule has 2 fully saturated rings. The Balaban J connectivity index is 1.52. The molecule has 1 aliphatic carbocycles. The van der Waals surface area contributed by atoms with Gasteiger partial charge < -0.3 is 14.8 Å². The van der Waals surface area contributed by atoms with Crippen LogP contribution in [0.25, 0.3) is 0 Å². The van der Waals surface area contributed by atoms with E-state index >= 15 is 0 Å². The monoisotopic (exact) mass is 283 g/mol. The van der Waals surface area contributed by atoms with Crippen LogP contribution in [-0.4, -0.2) is 28.9 Å². The van der Waals surface area contributed by atoms with Crippen LogP contribution in [0.4, 0.5) is 0 Å². The largest absolute Gasteiger partial charge is 0.438 e. The van der Waals surface area contributed by atoms with Crippen LogP contribution >= 0.6 is 0 Å². The van der Waals surface area contributed by atoms with Crippen LogP contribution in [0.15, 0.2) is 42.6 Å². The Morgan fingerprint density at radius 2 is 2.19 bits per heavy atom. The van der Waals surface area contributed by atoms with E-state index in [4.69, 9.17) is 9.47 Å². The second-order valence-corrected chi connectivity index (χ2v) is 5.66. The third kappa shape index (κ3) is 2.75. The first kappa shape index (κ1) is 12.7. The van der Waals surface area contributed by atoms with E-state index in [-0.39, 0.29) is 11.7 Å². The van der Waals surface area contributed by atoms with Crippen LogP contribution in [-0.2, 0) is 4.74 Å². The first-order chi connectivity index (χ1) is 10.3. The molecular formula is C16H17N3O2. The molecule has 1 aromatic carbocycles. The van der Waals surface area contributed by atoms with E-state index in [9.17, 15) is 0 Å². The highest BCUT2D eigenvalue weighted by molar-refractivity contribution is 5.33. The van der Waals surface area contributed by atoms with Gasteiger partial charge in [0, 0.05) is 25.4 Å². The number of nitrogens with zero attached hydrogens (tertiary/aromatic N) is 2. The molecule has 5 nitrogen and oxygen atoms in total. The highest BCUT2D eigenvalue weighted by Crippen LogP contribution is 2.44. The standard InChI is InChI=1S/C16H17N3O2/c1-3-12(14-10-17-11-16(21-14)6-7-16)9-13(4-1)20-15-5-2-8-18-19-15/h1-5,8-9,14,17H,6-7,10-11H2/t14-/m1/s1. The highest BCUT2D eigenvalue weighted by atomic mass is 16.5. The lowest BCUT2D eigenvalue weighted by Crippen LogP contribution is -2.42. The van der Waals surface area contributed by atoms with Crippen molar-refractivity contribution in [3.8, 4) is 11.6 Å². The Labute approximate surface area is 123 Å². The van der Waals surface area contributed by atoms with Crippen molar-refractivity contribution in [1.29, 1.82) is 0 Å². The minimum Gasteiger partial charge on any atom is -0.438 e. The van der Waals surface area contributed by atoms with E-state index in [1.807, 2.05) is 18.2 Å². The number of hydrogen-bond acceptors (Lipinski definition) is 5. The molecule has 108 valence electrons. The zero-order valence-electron chi connectivity index (χ0n) is 11.7. The number of morpholine rings is 1. The fourth-order valence-corrected chi connectivity index (χ4v) is 2.68. The summed E-state index contributed by atoms with van der Waals surface area (Å²) >= 11 is 0. The van der Waals surface area contributed by atoms with Crippen LogP contribution in [0.1, 0.15) is 24.5 Å². The van der Waals surface area contributed by atoms with Gasteiger partial charge in [-0.2, -0.15) is 5.10 Å². The van der Waals surface area contributed by atoms with E-state index in [0.29, 0.717) is 5.88 Å². The van der Waals surface area contributed by atoms with Crippen LogP contribution < -0.4 is 10.1 Å². The summed E-state index contributed by atoms with van der Waals surface area (Å²) in [5.74, 6) is 1.25. The van der Waals surface area contributed by atoms with Crippen molar-refractivity contribution in [2.45, 2.75) is 24.5 Å². The van der Waals surface area contributed by atoms with Crippen molar-refractivity contribution in [2.75, 3.05) is 13.1 Å². The van der Waals surface area contributed by atoms with Crippen molar-refractivity contribution < 1.29 is 9.47 Å². The lowest BCUT2D eigenvalue weighted by molar-refractivity contribution is -0.0564. The van der Waals surface area contributed by atoms with E-state index in [0.717, 1.165) is 37.2 Å². The molecular weight excluding hydrogens is 266 g/mol. The average Bonchev–Trinajstić information content (AvgIpc) is 3.27. The average molecular weight is 283 g/mol. The fourth-order valence-electron chi connectivity index (χ4n) is 2.68. The Bertz CT molecular complexity index is 628. The summed E-state index contributed by atoms with van der Waals surface area (Å²) in [5.41, 5.74) is 1.22. The summed E-state index contributed by atoms with van der Waals surface area (Å²) in [7, 11) is 0. The first-order valence-electron chi connectivity index (χ1n) is 7.27. The molecule has 2 aromatic rings. The minimum atomic E-state index is 0.0880. The molecule has 1 saturated heterocycles. The van der Waals surface area contributed by atoms with Gasteiger partial charge in [-0.25, -0.2) is 0 Å². The zero-order valence-corrected chi connectivity index (χ0v) is 11.7. The van der Waals surface area contributed by atoms with Crippen LogP contribution in [0.5, 0.6) is 11.6 Å². The summed E-state index contributed by atoms with van der Waals surface area (Å²) in [5, 5.41) is 11.2. The number of nitrogens with one attached hydrogen (secondary N) is 1. The van der Waals surface area contributed by atoms with Crippen molar-refractivity contribution in [1.82, 2.24) is 15.5 Å². The fraction of sp³-hybridized carbons (Fsp3) is 0.375. The smallest absolute Gasteiger partial charge is 0.238 e. The molecule has 0 amide bonds. The van der Waals surface area contributed by atoms with E-state index in [1.165, 1.54) is 0 Å². The van der Waals surface area contributed by atoms with Crippen LogP contribution in [0.2, 0.25) is 0 Å². The Hall–Kier alpha value is -1.98. The summed E-state index contributed by atoms with van der Waals surface area (Å²) in [6.07, 6.45) is 4.03. The second-order valence-electron chi connectivity index (χ2n) is 5.66. The van der Waals surface area contributed by atoms with Gasteiger partial charge in [0.1, 0.15) is 5.75 Å². The molecule has 5 heteroatoms. The maximum absolute atomic E-state index is 6.23. The number of ether oxygens (including phenoxy) is 2. The molecule has 1 saturated carbocycles. The molecule has 0 unspecified atom stereocenters. The molecule has 1 aromatic heterocycles. The molecule has 1 aliphatic heterocycles. The molecule has 0 bridgehead atoms. The number of benzene rings is 1. The SMILES string of the molecule is c1cc(Oc2cccnn2)cc([C@H]2CNCC3(CC3)O2)c1.